The van der Waals surface area contributed by atoms with Crippen LogP contribution in [-0.4, -0.2) is 12.0 Å². The highest BCUT2D eigenvalue weighted by molar-refractivity contribution is 5.73. The minimum atomic E-state index is 0.508. The predicted octanol–water partition coefficient (Wildman–Crippen LogP) is 2.17. The van der Waals surface area contributed by atoms with E-state index in [9.17, 15) is 0 Å². The van der Waals surface area contributed by atoms with Gasteiger partial charge in [0.1, 0.15) is 6.07 Å². The summed E-state index contributed by atoms with van der Waals surface area (Å²) in [6.45, 7) is 0.724. The first-order valence-electron chi connectivity index (χ1n) is 5.61. The molecule has 0 aliphatic rings. The van der Waals surface area contributed by atoms with Gasteiger partial charge in [-0.3, -0.25) is 4.98 Å². The van der Waals surface area contributed by atoms with Crippen molar-refractivity contribution in [1.29, 1.82) is 5.26 Å². The summed E-state index contributed by atoms with van der Waals surface area (Å²) in [5, 5.41) is 8.96. The third-order valence-corrected chi connectivity index (χ3v) is 2.78. The van der Waals surface area contributed by atoms with Gasteiger partial charge in [-0.2, -0.15) is 5.26 Å². The first-order valence-corrected chi connectivity index (χ1v) is 5.61. The number of pyridine rings is 1. The summed E-state index contributed by atoms with van der Waals surface area (Å²) in [5.74, 6) is 0. The smallest absolute Gasteiger partial charge is 0.101 e. The standard InChI is InChI=1S/C14H14N4/c1-18(10-11-5-7-17-8-6-11)13-4-2-3-12(9-15)14(13)16/h2-8H,10,16H2,1H3. The van der Waals surface area contributed by atoms with Crippen LogP contribution < -0.4 is 10.6 Å². The van der Waals surface area contributed by atoms with Crippen LogP contribution in [0.3, 0.4) is 0 Å². The van der Waals surface area contributed by atoms with Crippen molar-refractivity contribution in [3.05, 3.63) is 53.9 Å². The zero-order chi connectivity index (χ0) is 13.0. The first-order chi connectivity index (χ1) is 8.72. The van der Waals surface area contributed by atoms with Crippen LogP contribution in [0.15, 0.2) is 42.7 Å². The maximum absolute atomic E-state index is 8.96. The Hall–Kier alpha value is -2.54. The van der Waals surface area contributed by atoms with E-state index in [0.717, 1.165) is 17.8 Å². The summed E-state index contributed by atoms with van der Waals surface area (Å²) in [6.07, 6.45) is 3.52. The summed E-state index contributed by atoms with van der Waals surface area (Å²) in [5.41, 5.74) is 9.02. The number of hydrogen-bond donors (Lipinski definition) is 1. The van der Waals surface area contributed by atoms with Gasteiger partial charge in [-0.1, -0.05) is 6.07 Å². The van der Waals surface area contributed by atoms with Gasteiger partial charge in [-0.25, -0.2) is 0 Å². The number of nitriles is 1. The number of nitrogens with zero attached hydrogens (tertiary/aromatic N) is 3. The second kappa shape index (κ2) is 5.19. The number of rotatable bonds is 3. The Kier molecular flexibility index (Phi) is 3.44. The number of nitrogen functional groups attached to an aromatic ring is 1. The number of hydrogen-bond acceptors (Lipinski definition) is 4. The monoisotopic (exact) mass is 238 g/mol. The van der Waals surface area contributed by atoms with Gasteiger partial charge in [-0.15, -0.1) is 0 Å². The molecule has 90 valence electrons. The summed E-state index contributed by atoms with van der Waals surface area (Å²) >= 11 is 0. The molecular weight excluding hydrogens is 224 g/mol. The SMILES string of the molecule is CN(Cc1ccncc1)c1cccc(C#N)c1N. The number of anilines is 2. The summed E-state index contributed by atoms with van der Waals surface area (Å²) < 4.78 is 0. The maximum Gasteiger partial charge on any atom is 0.101 e. The second-order valence-corrected chi connectivity index (χ2v) is 4.06. The highest BCUT2D eigenvalue weighted by atomic mass is 15.1. The van der Waals surface area contributed by atoms with Gasteiger partial charge in [0.15, 0.2) is 0 Å². The molecule has 0 saturated heterocycles. The number of benzene rings is 1. The minimum Gasteiger partial charge on any atom is -0.396 e. The lowest BCUT2D eigenvalue weighted by atomic mass is 10.1. The number of para-hydroxylation sites is 1. The van der Waals surface area contributed by atoms with E-state index in [2.05, 4.69) is 11.1 Å². The molecule has 0 aliphatic carbocycles. The Morgan fingerprint density at radius 1 is 1.28 bits per heavy atom. The summed E-state index contributed by atoms with van der Waals surface area (Å²) in [6, 6.07) is 11.5. The molecule has 0 spiro atoms. The Morgan fingerprint density at radius 3 is 2.67 bits per heavy atom. The molecule has 0 aliphatic heterocycles. The van der Waals surface area contributed by atoms with Crippen molar-refractivity contribution < 1.29 is 0 Å². The fourth-order valence-electron chi connectivity index (χ4n) is 1.83. The van der Waals surface area contributed by atoms with Crippen molar-refractivity contribution in [1.82, 2.24) is 4.98 Å². The molecule has 4 nitrogen and oxygen atoms in total. The molecular formula is C14H14N4. The van der Waals surface area contributed by atoms with E-state index in [0.29, 0.717) is 11.3 Å². The molecule has 2 aromatic rings. The summed E-state index contributed by atoms with van der Waals surface area (Å²) in [4.78, 5) is 6.00. The Morgan fingerprint density at radius 2 is 2.00 bits per heavy atom. The van der Waals surface area contributed by atoms with Gasteiger partial charge in [0.05, 0.1) is 16.9 Å². The van der Waals surface area contributed by atoms with Gasteiger partial charge < -0.3 is 10.6 Å². The molecule has 0 fully saturated rings. The molecule has 0 radical (unpaired) electrons. The second-order valence-electron chi connectivity index (χ2n) is 4.06. The van der Waals surface area contributed by atoms with Crippen molar-refractivity contribution in [2.75, 3.05) is 17.7 Å². The van der Waals surface area contributed by atoms with Crippen LogP contribution in [-0.2, 0) is 6.54 Å². The van der Waals surface area contributed by atoms with Gasteiger partial charge in [0.25, 0.3) is 0 Å². The Balaban J connectivity index is 2.25. The fourth-order valence-corrected chi connectivity index (χ4v) is 1.83. The molecule has 0 atom stereocenters. The number of aromatic nitrogens is 1. The Bertz CT molecular complexity index is 572. The lowest BCUT2D eigenvalue weighted by Gasteiger charge is -2.21. The van der Waals surface area contributed by atoms with Crippen LogP contribution in [0.2, 0.25) is 0 Å². The zero-order valence-corrected chi connectivity index (χ0v) is 10.2. The van der Waals surface area contributed by atoms with Gasteiger partial charge in [0, 0.05) is 26.0 Å². The summed E-state index contributed by atoms with van der Waals surface area (Å²) in [7, 11) is 1.95. The minimum absolute atomic E-state index is 0.508. The lowest BCUT2D eigenvalue weighted by molar-refractivity contribution is 0.921. The fraction of sp³-hybridized carbons (Fsp3) is 0.143. The quantitative estimate of drug-likeness (QED) is 0.832. The molecule has 4 heteroatoms. The molecule has 0 amide bonds. The van der Waals surface area contributed by atoms with Crippen LogP contribution in [0.4, 0.5) is 11.4 Å². The third-order valence-electron chi connectivity index (χ3n) is 2.78. The van der Waals surface area contributed by atoms with Crippen molar-refractivity contribution >= 4 is 11.4 Å². The van der Waals surface area contributed by atoms with Gasteiger partial charge >= 0.3 is 0 Å². The van der Waals surface area contributed by atoms with E-state index in [1.54, 1.807) is 18.5 Å². The topological polar surface area (TPSA) is 65.9 Å². The van der Waals surface area contributed by atoms with E-state index >= 15 is 0 Å². The first kappa shape index (κ1) is 11.9. The molecule has 0 bridgehead atoms. The van der Waals surface area contributed by atoms with E-state index in [-0.39, 0.29) is 0 Å². The van der Waals surface area contributed by atoms with Crippen LogP contribution in [0.25, 0.3) is 0 Å². The average molecular weight is 238 g/mol. The molecule has 2 rings (SSSR count). The molecule has 1 heterocycles. The maximum atomic E-state index is 8.96. The molecule has 2 N–H and O–H groups in total. The third kappa shape index (κ3) is 2.41. The molecule has 1 aromatic heterocycles. The number of nitrogens with two attached hydrogens (primary N) is 1. The van der Waals surface area contributed by atoms with Gasteiger partial charge in [0.2, 0.25) is 0 Å². The zero-order valence-electron chi connectivity index (χ0n) is 10.2. The van der Waals surface area contributed by atoms with E-state index in [4.69, 9.17) is 11.0 Å². The van der Waals surface area contributed by atoms with Crippen LogP contribution >= 0.6 is 0 Å². The van der Waals surface area contributed by atoms with Crippen molar-refractivity contribution in [3.8, 4) is 6.07 Å². The highest BCUT2D eigenvalue weighted by Crippen LogP contribution is 2.26. The highest BCUT2D eigenvalue weighted by Gasteiger charge is 2.09. The largest absolute Gasteiger partial charge is 0.396 e. The van der Waals surface area contributed by atoms with E-state index in [1.165, 1.54) is 0 Å². The van der Waals surface area contributed by atoms with Crippen LogP contribution in [0.5, 0.6) is 0 Å². The molecule has 0 unspecified atom stereocenters. The molecule has 18 heavy (non-hydrogen) atoms. The lowest BCUT2D eigenvalue weighted by Crippen LogP contribution is -2.18. The molecule has 0 saturated carbocycles. The van der Waals surface area contributed by atoms with Crippen LogP contribution in [0, 0.1) is 11.3 Å². The van der Waals surface area contributed by atoms with E-state index < -0.39 is 0 Å². The van der Waals surface area contributed by atoms with Crippen LogP contribution in [0.1, 0.15) is 11.1 Å². The van der Waals surface area contributed by atoms with Crippen molar-refractivity contribution in [2.45, 2.75) is 6.54 Å². The van der Waals surface area contributed by atoms with Gasteiger partial charge in [-0.05, 0) is 29.8 Å². The van der Waals surface area contributed by atoms with E-state index in [1.807, 2.05) is 36.2 Å². The predicted molar refractivity (Wildman–Crippen MR) is 71.9 cm³/mol. The normalized spacial score (nSPS) is 9.78. The average Bonchev–Trinajstić information content (AvgIpc) is 2.40. The Labute approximate surface area is 106 Å². The van der Waals surface area contributed by atoms with Crippen molar-refractivity contribution in [2.24, 2.45) is 0 Å². The van der Waals surface area contributed by atoms with Crippen molar-refractivity contribution in [3.63, 3.8) is 0 Å². The molecule has 1 aromatic carbocycles.